The fourth-order valence-electron chi connectivity index (χ4n) is 1.48. The van der Waals surface area contributed by atoms with Gasteiger partial charge in [-0.3, -0.25) is 0 Å². The summed E-state index contributed by atoms with van der Waals surface area (Å²) in [5.41, 5.74) is 1.42. The summed E-state index contributed by atoms with van der Waals surface area (Å²) in [6.45, 7) is 7.05. The van der Waals surface area contributed by atoms with Gasteiger partial charge in [0.15, 0.2) is 0 Å². The largest absolute Gasteiger partial charge is 0.497 e. The van der Waals surface area contributed by atoms with Gasteiger partial charge in [0.25, 0.3) is 0 Å². The van der Waals surface area contributed by atoms with Crippen molar-refractivity contribution in [3.8, 4) is 0 Å². The van der Waals surface area contributed by atoms with Gasteiger partial charge in [0.05, 0.1) is 13.2 Å². The molecular weight excluding hydrogens is 150 g/mol. The third-order valence-corrected chi connectivity index (χ3v) is 2.24. The topological polar surface area (TPSA) is 21.3 Å². The van der Waals surface area contributed by atoms with Crippen LogP contribution in [-0.4, -0.2) is 19.7 Å². The SMILES string of the molecule is CCOC1=C(C)CCCCNC1. The Morgan fingerprint density at radius 1 is 1.42 bits per heavy atom. The molecule has 0 bridgehead atoms. The standard InChI is InChI=1S/C10H19NO/c1-3-12-10-8-11-7-5-4-6-9(10)2/h11H,3-8H2,1-2H3. The van der Waals surface area contributed by atoms with Gasteiger partial charge in [-0.15, -0.1) is 0 Å². The van der Waals surface area contributed by atoms with Gasteiger partial charge < -0.3 is 10.1 Å². The summed E-state index contributed by atoms with van der Waals surface area (Å²) in [7, 11) is 0. The molecule has 1 aliphatic rings. The first-order valence-corrected chi connectivity index (χ1v) is 4.86. The molecule has 1 N–H and O–H groups in total. The Bertz CT molecular complexity index is 163. The number of hydrogen-bond acceptors (Lipinski definition) is 2. The molecule has 1 aliphatic heterocycles. The van der Waals surface area contributed by atoms with Crippen LogP contribution in [0, 0.1) is 0 Å². The molecule has 0 fully saturated rings. The van der Waals surface area contributed by atoms with Gasteiger partial charge in [0, 0.05) is 0 Å². The molecule has 1 rings (SSSR count). The molecule has 1 heterocycles. The molecule has 0 spiro atoms. The van der Waals surface area contributed by atoms with Crippen molar-refractivity contribution in [2.24, 2.45) is 0 Å². The maximum absolute atomic E-state index is 5.55. The normalized spacial score (nSPS) is 20.2. The zero-order chi connectivity index (χ0) is 8.81. The van der Waals surface area contributed by atoms with Gasteiger partial charge in [-0.1, -0.05) is 0 Å². The predicted molar refractivity (Wildman–Crippen MR) is 51.0 cm³/mol. The molecule has 0 aliphatic carbocycles. The molecule has 12 heavy (non-hydrogen) atoms. The van der Waals surface area contributed by atoms with Crippen LogP contribution in [0.1, 0.15) is 33.1 Å². The minimum absolute atomic E-state index is 0.786. The minimum Gasteiger partial charge on any atom is -0.497 e. The molecule has 0 saturated heterocycles. The van der Waals surface area contributed by atoms with E-state index in [0.717, 1.165) is 25.5 Å². The molecule has 0 saturated carbocycles. The lowest BCUT2D eigenvalue weighted by Gasteiger charge is -2.16. The summed E-state index contributed by atoms with van der Waals surface area (Å²) in [5, 5.41) is 3.37. The second-order valence-electron chi connectivity index (χ2n) is 3.27. The number of ether oxygens (including phenoxy) is 1. The monoisotopic (exact) mass is 169 g/mol. The van der Waals surface area contributed by atoms with Crippen LogP contribution < -0.4 is 5.32 Å². The number of rotatable bonds is 2. The van der Waals surface area contributed by atoms with Gasteiger partial charge in [0.1, 0.15) is 5.76 Å². The Kier molecular flexibility index (Phi) is 4.15. The molecule has 0 aromatic carbocycles. The van der Waals surface area contributed by atoms with E-state index < -0.39 is 0 Å². The van der Waals surface area contributed by atoms with E-state index in [4.69, 9.17) is 4.74 Å². The highest BCUT2D eigenvalue weighted by Gasteiger charge is 2.06. The maximum atomic E-state index is 5.55. The number of hydrogen-bond donors (Lipinski definition) is 1. The van der Waals surface area contributed by atoms with Crippen molar-refractivity contribution in [2.45, 2.75) is 33.1 Å². The summed E-state index contributed by atoms with van der Waals surface area (Å²) in [6, 6.07) is 0. The first kappa shape index (κ1) is 9.59. The first-order valence-electron chi connectivity index (χ1n) is 4.86. The van der Waals surface area contributed by atoms with Crippen LogP contribution in [0.3, 0.4) is 0 Å². The highest BCUT2D eigenvalue weighted by molar-refractivity contribution is 5.08. The second kappa shape index (κ2) is 5.20. The predicted octanol–water partition coefficient (Wildman–Crippen LogP) is 2.07. The van der Waals surface area contributed by atoms with Gasteiger partial charge >= 0.3 is 0 Å². The summed E-state index contributed by atoms with van der Waals surface area (Å²) in [5.74, 6) is 1.16. The third-order valence-electron chi connectivity index (χ3n) is 2.24. The third kappa shape index (κ3) is 2.86. The van der Waals surface area contributed by atoms with Crippen molar-refractivity contribution in [1.29, 1.82) is 0 Å². The van der Waals surface area contributed by atoms with Crippen LogP contribution in [0.4, 0.5) is 0 Å². The molecule has 0 aromatic heterocycles. The summed E-state index contributed by atoms with van der Waals surface area (Å²) >= 11 is 0. The second-order valence-corrected chi connectivity index (χ2v) is 3.27. The van der Waals surface area contributed by atoms with E-state index in [-0.39, 0.29) is 0 Å². The molecule has 0 amide bonds. The Hall–Kier alpha value is -0.500. The highest BCUT2D eigenvalue weighted by Crippen LogP contribution is 2.14. The fraction of sp³-hybridized carbons (Fsp3) is 0.800. The van der Waals surface area contributed by atoms with Gasteiger partial charge in [-0.25, -0.2) is 0 Å². The summed E-state index contributed by atoms with van der Waals surface area (Å²) in [4.78, 5) is 0. The van der Waals surface area contributed by atoms with Crippen molar-refractivity contribution < 1.29 is 4.74 Å². The van der Waals surface area contributed by atoms with E-state index in [1.165, 1.54) is 24.8 Å². The van der Waals surface area contributed by atoms with Crippen molar-refractivity contribution >= 4 is 0 Å². The smallest absolute Gasteiger partial charge is 0.109 e. The molecule has 0 atom stereocenters. The molecule has 2 nitrogen and oxygen atoms in total. The lowest BCUT2D eigenvalue weighted by atomic mass is 10.1. The van der Waals surface area contributed by atoms with E-state index >= 15 is 0 Å². The summed E-state index contributed by atoms with van der Waals surface area (Å²) < 4.78 is 5.55. The van der Waals surface area contributed by atoms with Crippen molar-refractivity contribution in [1.82, 2.24) is 5.32 Å². The Morgan fingerprint density at radius 2 is 2.25 bits per heavy atom. The van der Waals surface area contributed by atoms with Crippen LogP contribution in [0.15, 0.2) is 11.3 Å². The van der Waals surface area contributed by atoms with E-state index in [0.29, 0.717) is 0 Å². The van der Waals surface area contributed by atoms with E-state index in [1.54, 1.807) is 0 Å². The zero-order valence-corrected chi connectivity index (χ0v) is 8.15. The van der Waals surface area contributed by atoms with Crippen molar-refractivity contribution in [3.05, 3.63) is 11.3 Å². The van der Waals surface area contributed by atoms with Crippen LogP contribution in [0.5, 0.6) is 0 Å². The fourth-order valence-corrected chi connectivity index (χ4v) is 1.48. The highest BCUT2D eigenvalue weighted by atomic mass is 16.5. The van der Waals surface area contributed by atoms with Gasteiger partial charge in [-0.05, 0) is 45.2 Å². The average molecular weight is 169 g/mol. The van der Waals surface area contributed by atoms with Gasteiger partial charge in [-0.2, -0.15) is 0 Å². The molecule has 0 aromatic rings. The lowest BCUT2D eigenvalue weighted by molar-refractivity contribution is 0.214. The van der Waals surface area contributed by atoms with Crippen LogP contribution >= 0.6 is 0 Å². The lowest BCUT2D eigenvalue weighted by Crippen LogP contribution is -2.22. The molecular formula is C10H19NO. The molecule has 70 valence electrons. The van der Waals surface area contributed by atoms with Crippen molar-refractivity contribution in [3.63, 3.8) is 0 Å². The van der Waals surface area contributed by atoms with Crippen LogP contribution in [-0.2, 0) is 4.74 Å². The van der Waals surface area contributed by atoms with Crippen LogP contribution in [0.2, 0.25) is 0 Å². The Labute approximate surface area is 75.0 Å². The maximum Gasteiger partial charge on any atom is 0.109 e. The first-order chi connectivity index (χ1) is 5.84. The van der Waals surface area contributed by atoms with Crippen LogP contribution in [0.25, 0.3) is 0 Å². The minimum atomic E-state index is 0.786. The van der Waals surface area contributed by atoms with E-state index in [1.807, 2.05) is 6.92 Å². The van der Waals surface area contributed by atoms with Crippen molar-refractivity contribution in [2.75, 3.05) is 19.7 Å². The Balaban J connectivity index is 2.53. The summed E-state index contributed by atoms with van der Waals surface area (Å²) in [6.07, 6.45) is 3.78. The Morgan fingerprint density at radius 3 is 3.00 bits per heavy atom. The number of nitrogens with one attached hydrogen (secondary N) is 1. The molecule has 0 unspecified atom stereocenters. The quantitative estimate of drug-likeness (QED) is 0.683. The van der Waals surface area contributed by atoms with E-state index in [2.05, 4.69) is 12.2 Å². The zero-order valence-electron chi connectivity index (χ0n) is 8.15. The molecule has 0 radical (unpaired) electrons. The molecule has 2 heteroatoms. The number of allylic oxidation sites excluding steroid dienone is 1. The van der Waals surface area contributed by atoms with E-state index in [9.17, 15) is 0 Å². The average Bonchev–Trinajstić information content (AvgIpc) is 2.05. The van der Waals surface area contributed by atoms with Gasteiger partial charge in [0.2, 0.25) is 0 Å².